The summed E-state index contributed by atoms with van der Waals surface area (Å²) in [5, 5.41) is 15.9. The number of ether oxygens (including phenoxy) is 1. The van der Waals surface area contributed by atoms with Crippen LogP contribution in [0.4, 0.5) is 13.2 Å². The minimum Gasteiger partial charge on any atom is -0.484 e. The summed E-state index contributed by atoms with van der Waals surface area (Å²) in [7, 11) is 2.27. The number of piperidine rings is 1. The van der Waals surface area contributed by atoms with E-state index in [1.165, 1.54) is 32.1 Å². The molecule has 0 radical (unpaired) electrons. The molecule has 0 aliphatic carbocycles. The summed E-state index contributed by atoms with van der Waals surface area (Å²) < 4.78 is 42.4. The quantitative estimate of drug-likeness (QED) is 0.662. The van der Waals surface area contributed by atoms with Crippen molar-refractivity contribution in [1.82, 2.24) is 15.1 Å². The first kappa shape index (κ1) is 23.7. The molecular formula is C19H21ClF3N3O4S. The molecule has 1 aromatic carbocycles. The van der Waals surface area contributed by atoms with Crippen molar-refractivity contribution >= 4 is 29.3 Å². The molecule has 2 unspecified atom stereocenters. The van der Waals surface area contributed by atoms with Gasteiger partial charge >= 0.3 is 12.1 Å². The van der Waals surface area contributed by atoms with Gasteiger partial charge in [0.1, 0.15) is 5.75 Å². The molecule has 1 aromatic heterocycles. The van der Waals surface area contributed by atoms with Gasteiger partial charge in [-0.2, -0.15) is 13.2 Å². The monoisotopic (exact) mass is 479 g/mol. The topological polar surface area (TPSA) is 88.7 Å². The predicted octanol–water partition coefficient (Wildman–Crippen LogP) is 4.65. The molecular weight excluding hydrogens is 459 g/mol. The van der Waals surface area contributed by atoms with Crippen LogP contribution in [0.25, 0.3) is 0 Å². The summed E-state index contributed by atoms with van der Waals surface area (Å²) in [6, 6.07) is 7.36. The minimum atomic E-state index is -5.08. The van der Waals surface area contributed by atoms with Gasteiger partial charge in [0.15, 0.2) is 6.61 Å². The number of alkyl halides is 3. The first-order valence-electron chi connectivity index (χ1n) is 9.49. The van der Waals surface area contributed by atoms with Crippen LogP contribution in [0.15, 0.2) is 33.9 Å². The van der Waals surface area contributed by atoms with Crippen molar-refractivity contribution in [3.05, 3.63) is 35.5 Å². The van der Waals surface area contributed by atoms with E-state index < -0.39 is 12.1 Å². The zero-order chi connectivity index (χ0) is 22.6. The Labute approximate surface area is 185 Å². The summed E-state index contributed by atoms with van der Waals surface area (Å²) in [4.78, 5) is 12.6. The molecule has 12 heteroatoms. The highest BCUT2D eigenvalue weighted by atomic mass is 35.5. The summed E-state index contributed by atoms with van der Waals surface area (Å²) in [5.41, 5.74) is 0. The van der Waals surface area contributed by atoms with Gasteiger partial charge in [0.25, 0.3) is 5.89 Å². The lowest BCUT2D eigenvalue weighted by Crippen LogP contribution is -2.40. The van der Waals surface area contributed by atoms with Gasteiger partial charge in [0.2, 0.25) is 6.39 Å². The average Bonchev–Trinajstić information content (AvgIpc) is 3.27. The maximum atomic E-state index is 10.6. The van der Waals surface area contributed by atoms with E-state index >= 15 is 0 Å². The molecule has 2 atom stereocenters. The standard InChI is InChI=1S/C17H20ClN3O2S.C2HF3O2/c1-21-11-2-3-12(21)7-14(6-11)24-16-5-4-13(8-15(16)18)22-9-17-20-19-10-23-17;3-2(4,5)1(6)7/h4-5,8,10-12,14H,2-3,6-7,9H2,1H3;(H,6,7). The molecule has 7 nitrogen and oxygen atoms in total. The van der Waals surface area contributed by atoms with Crippen molar-refractivity contribution in [3.63, 3.8) is 0 Å². The number of hydrogen-bond donors (Lipinski definition) is 1. The summed E-state index contributed by atoms with van der Waals surface area (Å²) in [5.74, 6) is -1.59. The summed E-state index contributed by atoms with van der Waals surface area (Å²) >= 11 is 8.37. The van der Waals surface area contributed by atoms with E-state index in [4.69, 9.17) is 30.7 Å². The number of hydrogen-bond acceptors (Lipinski definition) is 7. The second-order valence-electron chi connectivity index (χ2n) is 7.28. The number of benzene rings is 1. The SMILES string of the molecule is CN1C2CCC1CC(Sc1ccc(OCc3nnco3)cc1Cl)C2.O=C(O)C(F)(F)F. The third-order valence-corrected chi connectivity index (χ3v) is 7.01. The van der Waals surface area contributed by atoms with Gasteiger partial charge in [-0.05, 0) is 50.9 Å². The predicted molar refractivity (Wildman–Crippen MR) is 107 cm³/mol. The zero-order valence-electron chi connectivity index (χ0n) is 16.5. The second-order valence-corrected chi connectivity index (χ2v) is 9.03. The normalized spacial score (nSPS) is 23.2. The number of carboxylic acids is 1. The first-order chi connectivity index (χ1) is 14.6. The van der Waals surface area contributed by atoms with Crippen molar-refractivity contribution in [3.8, 4) is 5.75 Å². The number of rotatable bonds is 5. The van der Waals surface area contributed by atoms with Crippen molar-refractivity contribution in [1.29, 1.82) is 0 Å². The Kier molecular flexibility index (Phi) is 7.71. The molecule has 0 spiro atoms. The van der Waals surface area contributed by atoms with Gasteiger partial charge in [-0.1, -0.05) is 11.6 Å². The van der Waals surface area contributed by atoms with Crippen LogP contribution in [0.3, 0.4) is 0 Å². The van der Waals surface area contributed by atoms with Crippen LogP contribution in [0, 0.1) is 0 Å². The molecule has 4 rings (SSSR count). The third kappa shape index (κ3) is 6.50. The number of carboxylic acid groups (broad SMARTS) is 1. The number of aliphatic carboxylic acids is 1. The second kappa shape index (κ2) is 10.1. The fraction of sp³-hybridized carbons (Fsp3) is 0.526. The van der Waals surface area contributed by atoms with Gasteiger partial charge in [-0.3, -0.25) is 0 Å². The summed E-state index contributed by atoms with van der Waals surface area (Å²) in [6.45, 7) is 0.251. The Morgan fingerprint density at radius 1 is 1.35 bits per heavy atom. The largest absolute Gasteiger partial charge is 0.490 e. The van der Waals surface area contributed by atoms with E-state index in [0.717, 1.165) is 22.0 Å². The molecule has 170 valence electrons. The van der Waals surface area contributed by atoms with Gasteiger partial charge < -0.3 is 19.2 Å². The highest BCUT2D eigenvalue weighted by Crippen LogP contribution is 2.43. The first-order valence-corrected chi connectivity index (χ1v) is 10.8. The Morgan fingerprint density at radius 3 is 2.52 bits per heavy atom. The smallest absolute Gasteiger partial charge is 0.484 e. The van der Waals surface area contributed by atoms with Crippen molar-refractivity contribution in [2.75, 3.05) is 7.05 Å². The lowest BCUT2D eigenvalue weighted by molar-refractivity contribution is -0.192. The minimum absolute atomic E-state index is 0.251. The zero-order valence-corrected chi connectivity index (χ0v) is 18.1. The number of nitrogens with zero attached hydrogens (tertiary/aromatic N) is 3. The number of aromatic nitrogens is 2. The van der Waals surface area contributed by atoms with Crippen molar-refractivity contribution in [2.45, 2.75) is 60.7 Å². The van der Waals surface area contributed by atoms with Gasteiger partial charge in [0.05, 0.1) is 5.02 Å². The number of carbonyl (C=O) groups is 1. The third-order valence-electron chi connectivity index (χ3n) is 5.26. The van der Waals surface area contributed by atoms with Crippen LogP contribution >= 0.6 is 23.4 Å². The fourth-order valence-electron chi connectivity index (χ4n) is 3.71. The maximum absolute atomic E-state index is 10.6. The average molecular weight is 480 g/mol. The number of fused-ring (bicyclic) bond motifs is 2. The summed E-state index contributed by atoms with van der Waals surface area (Å²) in [6.07, 6.45) is 1.40. The Balaban J connectivity index is 0.000000339. The lowest BCUT2D eigenvalue weighted by atomic mass is 10.0. The van der Waals surface area contributed by atoms with Gasteiger partial charge in [0, 0.05) is 22.2 Å². The molecule has 2 fully saturated rings. The van der Waals surface area contributed by atoms with E-state index in [2.05, 4.69) is 28.2 Å². The molecule has 2 saturated heterocycles. The Bertz CT molecular complexity index is 871. The van der Waals surface area contributed by atoms with E-state index in [-0.39, 0.29) is 6.61 Å². The van der Waals surface area contributed by atoms with Crippen molar-refractivity contribution < 1.29 is 32.2 Å². The van der Waals surface area contributed by atoms with E-state index in [1.54, 1.807) is 0 Å². The molecule has 0 amide bonds. The number of thioether (sulfide) groups is 1. The number of halogens is 4. The fourth-order valence-corrected chi connectivity index (χ4v) is 5.33. The van der Waals surface area contributed by atoms with Crippen molar-refractivity contribution in [2.24, 2.45) is 0 Å². The van der Waals surface area contributed by atoms with Crippen LogP contribution in [0.1, 0.15) is 31.6 Å². The highest BCUT2D eigenvalue weighted by molar-refractivity contribution is 8.00. The molecule has 2 aromatic rings. The lowest BCUT2D eigenvalue weighted by Gasteiger charge is -2.36. The molecule has 1 N–H and O–H groups in total. The Hall–Kier alpha value is -1.98. The Morgan fingerprint density at radius 2 is 2.00 bits per heavy atom. The maximum Gasteiger partial charge on any atom is 0.490 e. The molecule has 0 saturated carbocycles. The van der Waals surface area contributed by atoms with Crippen LogP contribution in [-0.4, -0.2) is 56.7 Å². The molecule has 2 bridgehead atoms. The van der Waals surface area contributed by atoms with Crippen LogP contribution < -0.4 is 4.74 Å². The molecule has 3 heterocycles. The van der Waals surface area contributed by atoms with Crippen LogP contribution in [0.2, 0.25) is 5.02 Å². The molecule has 2 aliphatic heterocycles. The van der Waals surface area contributed by atoms with Gasteiger partial charge in [-0.15, -0.1) is 22.0 Å². The van der Waals surface area contributed by atoms with Crippen LogP contribution in [-0.2, 0) is 11.4 Å². The molecule has 31 heavy (non-hydrogen) atoms. The van der Waals surface area contributed by atoms with E-state index in [1.807, 2.05) is 23.9 Å². The highest BCUT2D eigenvalue weighted by Gasteiger charge is 2.39. The molecule has 2 aliphatic rings. The van der Waals surface area contributed by atoms with E-state index in [9.17, 15) is 13.2 Å². The van der Waals surface area contributed by atoms with E-state index in [0.29, 0.717) is 16.9 Å². The van der Waals surface area contributed by atoms with Gasteiger partial charge in [-0.25, -0.2) is 4.79 Å². The van der Waals surface area contributed by atoms with Crippen LogP contribution in [0.5, 0.6) is 5.75 Å².